The Morgan fingerprint density at radius 3 is 2.47 bits per heavy atom. The summed E-state index contributed by atoms with van der Waals surface area (Å²) >= 11 is 0. The van der Waals surface area contributed by atoms with Crippen molar-refractivity contribution >= 4 is 5.91 Å². The Bertz CT molecular complexity index is 554. The topological polar surface area (TPSA) is 69.6 Å². The van der Waals surface area contributed by atoms with Crippen LogP contribution < -0.4 is 5.32 Å². The van der Waals surface area contributed by atoms with E-state index in [0.717, 1.165) is 5.56 Å². The number of carbonyl (C=O) groups is 1. The molecule has 2 rings (SSSR count). The van der Waals surface area contributed by atoms with Gasteiger partial charge in [-0.2, -0.15) is 0 Å². The van der Waals surface area contributed by atoms with Crippen LogP contribution in [0.5, 0.6) is 5.75 Å². The van der Waals surface area contributed by atoms with Crippen LogP contribution >= 0.6 is 0 Å². The van der Waals surface area contributed by atoms with Crippen molar-refractivity contribution in [1.82, 2.24) is 5.32 Å². The summed E-state index contributed by atoms with van der Waals surface area (Å²) in [6.07, 6.45) is 0. The van der Waals surface area contributed by atoms with Gasteiger partial charge in [-0.05, 0) is 23.8 Å². The molecular weight excluding hydrogens is 242 g/mol. The predicted octanol–water partition coefficient (Wildman–Crippen LogP) is 1.86. The second-order valence-electron chi connectivity index (χ2n) is 4.17. The van der Waals surface area contributed by atoms with Gasteiger partial charge in [0.05, 0.1) is 12.6 Å². The molecule has 0 aromatic heterocycles. The summed E-state index contributed by atoms with van der Waals surface area (Å²) in [7, 11) is 0. The van der Waals surface area contributed by atoms with E-state index in [4.69, 9.17) is 0 Å². The maximum Gasteiger partial charge on any atom is 0.251 e. The molecule has 0 heterocycles. The lowest BCUT2D eigenvalue weighted by Crippen LogP contribution is -2.30. The summed E-state index contributed by atoms with van der Waals surface area (Å²) in [5.41, 5.74) is 1.19. The number of aliphatic hydroxyl groups excluding tert-OH is 1. The first-order valence-corrected chi connectivity index (χ1v) is 5.96. The molecule has 0 radical (unpaired) electrons. The number of amides is 1. The van der Waals surface area contributed by atoms with Gasteiger partial charge in [0.25, 0.3) is 5.91 Å². The molecule has 0 aliphatic rings. The lowest BCUT2D eigenvalue weighted by Gasteiger charge is -2.16. The highest BCUT2D eigenvalue weighted by Gasteiger charge is 2.14. The zero-order chi connectivity index (χ0) is 13.7. The third kappa shape index (κ3) is 3.33. The van der Waals surface area contributed by atoms with E-state index in [2.05, 4.69) is 5.32 Å². The largest absolute Gasteiger partial charge is 0.508 e. The molecule has 4 heteroatoms. The summed E-state index contributed by atoms with van der Waals surface area (Å²) in [6, 6.07) is 14.9. The molecule has 3 N–H and O–H groups in total. The first kappa shape index (κ1) is 13.1. The van der Waals surface area contributed by atoms with Crippen molar-refractivity contribution in [3.8, 4) is 5.75 Å². The number of carbonyl (C=O) groups excluding carboxylic acids is 1. The SMILES string of the molecule is O=C(N[C@H](CO)c1ccccc1)c1cccc(O)c1. The van der Waals surface area contributed by atoms with Crippen molar-refractivity contribution in [1.29, 1.82) is 0 Å². The number of aromatic hydroxyl groups is 1. The third-order valence-corrected chi connectivity index (χ3v) is 2.80. The molecule has 1 atom stereocenters. The zero-order valence-electron chi connectivity index (χ0n) is 10.3. The van der Waals surface area contributed by atoms with Gasteiger partial charge in [-0.1, -0.05) is 36.4 Å². The van der Waals surface area contributed by atoms with Gasteiger partial charge in [0.1, 0.15) is 5.75 Å². The summed E-state index contributed by atoms with van der Waals surface area (Å²) in [4.78, 5) is 12.0. The standard InChI is InChI=1S/C15H15NO3/c17-10-14(11-5-2-1-3-6-11)16-15(19)12-7-4-8-13(18)9-12/h1-9,14,17-18H,10H2,(H,16,19)/t14-/m1/s1. The Morgan fingerprint density at radius 2 is 1.84 bits per heavy atom. The summed E-state index contributed by atoms with van der Waals surface area (Å²) in [5.74, 6) is -0.299. The highest BCUT2D eigenvalue weighted by atomic mass is 16.3. The summed E-state index contributed by atoms with van der Waals surface area (Å²) in [5, 5.41) is 21.4. The fraction of sp³-hybridized carbons (Fsp3) is 0.133. The number of aliphatic hydroxyl groups is 1. The Morgan fingerprint density at radius 1 is 1.11 bits per heavy atom. The molecule has 0 spiro atoms. The molecular formula is C15H15NO3. The number of rotatable bonds is 4. The van der Waals surface area contributed by atoms with Crippen LogP contribution in [-0.4, -0.2) is 22.7 Å². The molecule has 1 amide bonds. The molecule has 2 aromatic carbocycles. The number of hydrogen-bond acceptors (Lipinski definition) is 3. The quantitative estimate of drug-likeness (QED) is 0.783. The molecule has 0 saturated heterocycles. The highest BCUT2D eigenvalue weighted by Crippen LogP contribution is 2.15. The zero-order valence-corrected chi connectivity index (χ0v) is 10.3. The van der Waals surface area contributed by atoms with E-state index in [1.165, 1.54) is 12.1 Å². The van der Waals surface area contributed by atoms with Crippen LogP contribution in [0.3, 0.4) is 0 Å². The maximum atomic E-state index is 12.0. The van der Waals surface area contributed by atoms with Crippen LogP contribution in [0.2, 0.25) is 0 Å². The van der Waals surface area contributed by atoms with Crippen molar-refractivity contribution in [2.24, 2.45) is 0 Å². The van der Waals surface area contributed by atoms with Crippen molar-refractivity contribution in [3.05, 3.63) is 65.7 Å². The van der Waals surface area contributed by atoms with Gasteiger partial charge in [-0.15, -0.1) is 0 Å². The first-order chi connectivity index (χ1) is 9.20. The van der Waals surface area contributed by atoms with Crippen LogP contribution in [0, 0.1) is 0 Å². The molecule has 4 nitrogen and oxygen atoms in total. The minimum atomic E-state index is -0.462. The molecule has 0 bridgehead atoms. The van der Waals surface area contributed by atoms with E-state index in [1.807, 2.05) is 30.3 Å². The maximum absolute atomic E-state index is 12.0. The molecule has 2 aromatic rings. The monoisotopic (exact) mass is 257 g/mol. The second-order valence-corrected chi connectivity index (χ2v) is 4.17. The lowest BCUT2D eigenvalue weighted by molar-refractivity contribution is 0.0916. The Labute approximate surface area is 111 Å². The van der Waals surface area contributed by atoms with Crippen LogP contribution in [0.25, 0.3) is 0 Å². The van der Waals surface area contributed by atoms with Gasteiger partial charge < -0.3 is 15.5 Å². The van der Waals surface area contributed by atoms with E-state index in [1.54, 1.807) is 12.1 Å². The van der Waals surface area contributed by atoms with Crippen molar-refractivity contribution in [2.45, 2.75) is 6.04 Å². The van der Waals surface area contributed by atoms with Crippen LogP contribution in [0.1, 0.15) is 22.0 Å². The first-order valence-electron chi connectivity index (χ1n) is 5.96. The van der Waals surface area contributed by atoms with Crippen LogP contribution in [-0.2, 0) is 0 Å². The molecule has 0 aliphatic carbocycles. The molecule has 0 unspecified atom stereocenters. The van der Waals surface area contributed by atoms with E-state index in [0.29, 0.717) is 5.56 Å². The number of benzene rings is 2. The molecule has 0 aliphatic heterocycles. The minimum Gasteiger partial charge on any atom is -0.508 e. The van der Waals surface area contributed by atoms with Crippen molar-refractivity contribution in [2.75, 3.05) is 6.61 Å². The third-order valence-electron chi connectivity index (χ3n) is 2.80. The Hall–Kier alpha value is -2.33. The van der Waals surface area contributed by atoms with Crippen LogP contribution in [0.4, 0.5) is 0 Å². The fourth-order valence-corrected chi connectivity index (χ4v) is 1.81. The second kappa shape index (κ2) is 6.02. The van der Waals surface area contributed by atoms with Crippen LogP contribution in [0.15, 0.2) is 54.6 Å². The van der Waals surface area contributed by atoms with E-state index in [9.17, 15) is 15.0 Å². The van der Waals surface area contributed by atoms with Gasteiger partial charge in [-0.3, -0.25) is 4.79 Å². The Kier molecular flexibility index (Phi) is 4.15. The highest BCUT2D eigenvalue weighted by molar-refractivity contribution is 5.94. The Balaban J connectivity index is 2.13. The minimum absolute atomic E-state index is 0.0351. The van der Waals surface area contributed by atoms with E-state index in [-0.39, 0.29) is 18.3 Å². The summed E-state index contributed by atoms with van der Waals surface area (Å²) < 4.78 is 0. The molecule has 0 fully saturated rings. The molecule has 98 valence electrons. The van der Waals surface area contributed by atoms with Gasteiger partial charge in [-0.25, -0.2) is 0 Å². The average Bonchev–Trinajstić information content (AvgIpc) is 2.45. The number of phenols is 1. The van der Waals surface area contributed by atoms with Gasteiger partial charge in [0.2, 0.25) is 0 Å². The normalized spacial score (nSPS) is 11.8. The van der Waals surface area contributed by atoms with Gasteiger partial charge in [0, 0.05) is 5.56 Å². The smallest absolute Gasteiger partial charge is 0.251 e. The fourth-order valence-electron chi connectivity index (χ4n) is 1.81. The lowest BCUT2D eigenvalue weighted by atomic mass is 10.1. The summed E-state index contributed by atoms with van der Waals surface area (Å²) in [6.45, 7) is -0.186. The van der Waals surface area contributed by atoms with E-state index >= 15 is 0 Å². The van der Waals surface area contributed by atoms with E-state index < -0.39 is 6.04 Å². The predicted molar refractivity (Wildman–Crippen MR) is 71.8 cm³/mol. The van der Waals surface area contributed by atoms with Crippen molar-refractivity contribution < 1.29 is 15.0 Å². The van der Waals surface area contributed by atoms with Crippen molar-refractivity contribution in [3.63, 3.8) is 0 Å². The number of phenolic OH excluding ortho intramolecular Hbond substituents is 1. The molecule has 0 saturated carbocycles. The average molecular weight is 257 g/mol. The number of hydrogen-bond donors (Lipinski definition) is 3. The molecule has 19 heavy (non-hydrogen) atoms. The number of nitrogens with one attached hydrogen (secondary N) is 1. The van der Waals surface area contributed by atoms with Gasteiger partial charge >= 0.3 is 0 Å². The van der Waals surface area contributed by atoms with Gasteiger partial charge in [0.15, 0.2) is 0 Å².